The molecule has 0 atom stereocenters. The molecule has 0 saturated carbocycles. The van der Waals surface area contributed by atoms with Gasteiger partial charge in [-0.2, -0.15) is 0 Å². The minimum atomic E-state index is -2.54. The minimum Gasteiger partial charge on any atom is -0.205 e. The van der Waals surface area contributed by atoms with Crippen molar-refractivity contribution in [1.29, 1.82) is 0 Å². The van der Waals surface area contributed by atoms with E-state index in [-0.39, 0.29) is 5.56 Å². The molecule has 0 aliphatic rings. The quantitative estimate of drug-likeness (QED) is 0.667. The number of hydrogen-bond donors (Lipinski definition) is 0. The van der Waals surface area contributed by atoms with E-state index in [1.807, 2.05) is 0 Å². The van der Waals surface area contributed by atoms with Gasteiger partial charge in [-0.3, -0.25) is 0 Å². The van der Waals surface area contributed by atoms with E-state index >= 15 is 0 Å². The molecule has 0 nitrogen and oxygen atoms in total. The van der Waals surface area contributed by atoms with Crippen LogP contribution in [0.5, 0.6) is 0 Å². The van der Waals surface area contributed by atoms with E-state index in [1.165, 1.54) is 17.5 Å². The number of halogens is 3. The van der Waals surface area contributed by atoms with Gasteiger partial charge in [-0.05, 0) is 18.6 Å². The van der Waals surface area contributed by atoms with E-state index in [2.05, 4.69) is 0 Å². The van der Waals surface area contributed by atoms with Gasteiger partial charge in [0.15, 0.2) is 0 Å². The summed E-state index contributed by atoms with van der Waals surface area (Å²) < 4.78 is 38.6. The summed E-state index contributed by atoms with van der Waals surface area (Å²) in [6.07, 6.45) is -2.54. The average Bonchev–Trinajstić information content (AvgIpc) is 2.56. The van der Waals surface area contributed by atoms with Crippen LogP contribution in [0.2, 0.25) is 0 Å². The van der Waals surface area contributed by atoms with E-state index in [9.17, 15) is 13.2 Å². The van der Waals surface area contributed by atoms with Crippen molar-refractivity contribution in [3.63, 3.8) is 0 Å². The van der Waals surface area contributed by atoms with Crippen LogP contribution in [0.15, 0.2) is 17.5 Å². The lowest BCUT2D eigenvalue weighted by molar-refractivity contribution is 0.153. The number of benzene rings is 1. The molecular weight excluding hydrogens is 209 g/mol. The zero-order valence-electron chi connectivity index (χ0n) is 7.35. The number of fused-ring (bicyclic) bond motifs is 1. The average molecular weight is 216 g/mol. The molecule has 0 aliphatic heterocycles. The molecule has 2 rings (SSSR count). The van der Waals surface area contributed by atoms with Crippen LogP contribution in [0.1, 0.15) is 17.6 Å². The van der Waals surface area contributed by atoms with E-state index < -0.39 is 12.2 Å². The van der Waals surface area contributed by atoms with Crippen molar-refractivity contribution in [3.8, 4) is 0 Å². The fraction of sp³-hybridized carbons (Fsp3) is 0.200. The molecule has 1 aromatic carbocycles. The Morgan fingerprint density at radius 1 is 1.29 bits per heavy atom. The highest BCUT2D eigenvalue weighted by atomic mass is 32.1. The summed E-state index contributed by atoms with van der Waals surface area (Å²) in [4.78, 5) is 0. The van der Waals surface area contributed by atoms with Gasteiger partial charge in [0.25, 0.3) is 6.43 Å². The van der Waals surface area contributed by atoms with Crippen LogP contribution >= 0.6 is 11.3 Å². The largest absolute Gasteiger partial charge is 0.265 e. The second-order valence-corrected chi connectivity index (χ2v) is 3.94. The van der Waals surface area contributed by atoms with Gasteiger partial charge in [-0.1, -0.05) is 6.07 Å². The van der Waals surface area contributed by atoms with Crippen molar-refractivity contribution in [2.45, 2.75) is 13.3 Å². The van der Waals surface area contributed by atoms with Gasteiger partial charge < -0.3 is 0 Å². The van der Waals surface area contributed by atoms with E-state index in [0.29, 0.717) is 15.6 Å². The number of hydrogen-bond acceptors (Lipinski definition) is 1. The molecule has 0 aliphatic carbocycles. The molecule has 0 N–H and O–H groups in total. The number of thiophene rings is 1. The maximum Gasteiger partial charge on any atom is 0.265 e. The fourth-order valence-corrected chi connectivity index (χ4v) is 2.51. The first kappa shape index (κ1) is 9.52. The van der Waals surface area contributed by atoms with Crippen LogP contribution in [0.3, 0.4) is 0 Å². The summed E-state index contributed by atoms with van der Waals surface area (Å²) in [5.41, 5.74) is 0.625. The Balaban J connectivity index is 2.84. The van der Waals surface area contributed by atoms with E-state index in [0.717, 1.165) is 11.3 Å². The third-order valence-corrected chi connectivity index (χ3v) is 3.15. The molecule has 0 spiro atoms. The summed E-state index contributed by atoms with van der Waals surface area (Å²) >= 11 is 1.03. The molecule has 0 unspecified atom stereocenters. The highest BCUT2D eigenvalue weighted by molar-refractivity contribution is 7.17. The van der Waals surface area contributed by atoms with Crippen molar-refractivity contribution < 1.29 is 13.2 Å². The van der Waals surface area contributed by atoms with E-state index in [1.54, 1.807) is 6.92 Å². The Labute approximate surface area is 83.0 Å². The molecule has 4 heteroatoms. The number of aryl methyl sites for hydroxylation is 1. The van der Waals surface area contributed by atoms with Crippen LogP contribution in [0.4, 0.5) is 13.2 Å². The molecule has 0 saturated heterocycles. The maximum absolute atomic E-state index is 13.2. The summed E-state index contributed by atoms with van der Waals surface area (Å²) in [5.74, 6) is -0.428. The molecule has 2 aromatic rings. The molecule has 0 bridgehead atoms. The van der Waals surface area contributed by atoms with Crippen LogP contribution in [-0.4, -0.2) is 0 Å². The first-order valence-electron chi connectivity index (χ1n) is 4.05. The summed E-state index contributed by atoms with van der Waals surface area (Å²) in [5, 5.41) is 1.69. The zero-order chi connectivity index (χ0) is 10.3. The van der Waals surface area contributed by atoms with E-state index in [4.69, 9.17) is 0 Å². The SMILES string of the molecule is Cc1ccc(F)c2scc(C(F)F)c12. The maximum atomic E-state index is 13.2. The minimum absolute atomic E-state index is 0.0676. The van der Waals surface area contributed by atoms with Crippen molar-refractivity contribution in [3.05, 3.63) is 34.5 Å². The van der Waals surface area contributed by atoms with Crippen LogP contribution < -0.4 is 0 Å². The first-order valence-corrected chi connectivity index (χ1v) is 4.93. The second-order valence-electron chi connectivity index (χ2n) is 3.06. The smallest absolute Gasteiger partial charge is 0.205 e. The summed E-state index contributed by atoms with van der Waals surface area (Å²) in [6.45, 7) is 1.71. The molecule has 0 radical (unpaired) electrons. The van der Waals surface area contributed by atoms with Gasteiger partial charge in [0, 0.05) is 16.3 Å². The van der Waals surface area contributed by atoms with Gasteiger partial charge in [-0.25, -0.2) is 13.2 Å². The third-order valence-electron chi connectivity index (χ3n) is 2.15. The standard InChI is InChI=1S/C10H7F3S/c1-5-2-3-7(11)9-8(5)6(4-14-9)10(12)13/h2-4,10H,1H3. The fourth-order valence-electron chi connectivity index (χ4n) is 1.47. The predicted molar refractivity (Wildman–Crippen MR) is 51.5 cm³/mol. The normalized spacial score (nSPS) is 11.5. The van der Waals surface area contributed by atoms with Crippen LogP contribution in [0.25, 0.3) is 10.1 Å². The Morgan fingerprint density at radius 2 is 2.00 bits per heavy atom. The van der Waals surface area contributed by atoms with Gasteiger partial charge in [0.1, 0.15) is 5.82 Å². The highest BCUT2D eigenvalue weighted by Crippen LogP contribution is 2.36. The van der Waals surface area contributed by atoms with Crippen molar-refractivity contribution in [1.82, 2.24) is 0 Å². The monoisotopic (exact) mass is 216 g/mol. The predicted octanol–water partition coefficient (Wildman–Crippen LogP) is 4.29. The molecule has 14 heavy (non-hydrogen) atoms. The zero-order valence-corrected chi connectivity index (χ0v) is 8.17. The second kappa shape index (κ2) is 3.28. The van der Waals surface area contributed by atoms with Gasteiger partial charge in [0.2, 0.25) is 0 Å². The first-order chi connectivity index (χ1) is 6.61. The van der Waals surface area contributed by atoms with Crippen molar-refractivity contribution in [2.24, 2.45) is 0 Å². The number of rotatable bonds is 1. The molecule has 1 heterocycles. The Morgan fingerprint density at radius 3 is 2.64 bits per heavy atom. The lowest BCUT2D eigenvalue weighted by Gasteiger charge is -2.01. The Hall–Kier alpha value is -1.03. The summed E-state index contributed by atoms with van der Waals surface area (Å²) in [6, 6.07) is 2.83. The van der Waals surface area contributed by atoms with Gasteiger partial charge in [0.05, 0.1) is 4.70 Å². The molecular formula is C10H7F3S. The topological polar surface area (TPSA) is 0 Å². The Kier molecular flexibility index (Phi) is 2.23. The van der Waals surface area contributed by atoms with Gasteiger partial charge in [-0.15, -0.1) is 11.3 Å². The molecule has 0 fully saturated rings. The lowest BCUT2D eigenvalue weighted by Crippen LogP contribution is -1.85. The van der Waals surface area contributed by atoms with Gasteiger partial charge >= 0.3 is 0 Å². The van der Waals surface area contributed by atoms with Crippen molar-refractivity contribution >= 4 is 21.4 Å². The molecule has 0 amide bonds. The van der Waals surface area contributed by atoms with Crippen LogP contribution in [0, 0.1) is 12.7 Å². The van der Waals surface area contributed by atoms with Crippen LogP contribution in [-0.2, 0) is 0 Å². The van der Waals surface area contributed by atoms with Crippen molar-refractivity contribution in [2.75, 3.05) is 0 Å². The Bertz CT molecular complexity index is 473. The highest BCUT2D eigenvalue weighted by Gasteiger charge is 2.16. The lowest BCUT2D eigenvalue weighted by atomic mass is 10.1. The molecule has 74 valence electrons. The number of alkyl halides is 2. The molecule has 1 aromatic heterocycles. The summed E-state index contributed by atoms with van der Waals surface area (Å²) in [7, 11) is 0. The third kappa shape index (κ3) is 1.30.